The summed E-state index contributed by atoms with van der Waals surface area (Å²) < 4.78 is 0. The van der Waals surface area contributed by atoms with Gasteiger partial charge >= 0.3 is 0 Å². The summed E-state index contributed by atoms with van der Waals surface area (Å²) in [4.78, 5) is 5.17. The molecule has 0 radical (unpaired) electrons. The maximum absolute atomic E-state index is 2.60. The molecule has 1 fully saturated rings. The molecule has 92 valence electrons. The molecule has 1 heterocycles. The Labute approximate surface area is 96.6 Å². The second-order valence-corrected chi connectivity index (χ2v) is 4.77. The fraction of sp³-hybridized carbons (Fsp3) is 1.00. The highest BCUT2D eigenvalue weighted by Crippen LogP contribution is 2.14. The molecule has 0 aromatic rings. The van der Waals surface area contributed by atoms with Crippen LogP contribution in [0.4, 0.5) is 0 Å². The van der Waals surface area contributed by atoms with Crippen molar-refractivity contribution in [2.24, 2.45) is 0 Å². The van der Waals surface area contributed by atoms with E-state index in [1.807, 2.05) is 13.8 Å². The second kappa shape index (κ2) is 7.24. The number of hydrogen-bond donors (Lipinski definition) is 0. The van der Waals surface area contributed by atoms with Gasteiger partial charge in [0.15, 0.2) is 0 Å². The van der Waals surface area contributed by atoms with Gasteiger partial charge in [-0.1, -0.05) is 13.8 Å². The van der Waals surface area contributed by atoms with Gasteiger partial charge in [0.2, 0.25) is 0 Å². The number of hydrogen-bond acceptors (Lipinski definition) is 2. The Morgan fingerprint density at radius 1 is 0.933 bits per heavy atom. The molecule has 0 saturated carbocycles. The summed E-state index contributed by atoms with van der Waals surface area (Å²) in [6, 6.07) is 2.12. The zero-order chi connectivity index (χ0) is 12.0. The average molecular weight is 214 g/mol. The molecule has 15 heavy (non-hydrogen) atoms. The zero-order valence-electron chi connectivity index (χ0n) is 11.7. The summed E-state index contributed by atoms with van der Waals surface area (Å²) in [6.07, 6.45) is 0. The van der Waals surface area contributed by atoms with Crippen LogP contribution in [0.15, 0.2) is 0 Å². The quantitative estimate of drug-likeness (QED) is 0.697. The molecule has 0 aromatic heterocycles. The molecule has 1 aliphatic heterocycles. The summed E-state index contributed by atoms with van der Waals surface area (Å²) in [5.41, 5.74) is 0. The third-order valence-electron chi connectivity index (χ3n) is 3.10. The molecule has 1 aliphatic rings. The van der Waals surface area contributed by atoms with Crippen molar-refractivity contribution in [3.8, 4) is 0 Å². The second-order valence-electron chi connectivity index (χ2n) is 4.77. The van der Waals surface area contributed by atoms with Crippen molar-refractivity contribution >= 4 is 0 Å². The fourth-order valence-electron chi connectivity index (χ4n) is 2.24. The third kappa shape index (κ3) is 4.52. The first-order chi connectivity index (χ1) is 7.02. The molecule has 1 atom stereocenters. The number of rotatable bonds is 2. The van der Waals surface area contributed by atoms with Gasteiger partial charge in [0, 0.05) is 37.8 Å². The Bertz CT molecular complexity index is 155. The van der Waals surface area contributed by atoms with Crippen molar-refractivity contribution in [1.82, 2.24) is 9.80 Å². The molecular formula is C13H30N2. The van der Waals surface area contributed by atoms with Crippen LogP contribution >= 0.6 is 0 Å². The summed E-state index contributed by atoms with van der Waals surface area (Å²) in [7, 11) is 0. The van der Waals surface area contributed by atoms with Crippen LogP contribution in [-0.4, -0.2) is 47.6 Å². The lowest BCUT2D eigenvalue weighted by Gasteiger charge is -2.43. The van der Waals surface area contributed by atoms with E-state index in [4.69, 9.17) is 0 Å². The topological polar surface area (TPSA) is 6.48 Å². The van der Waals surface area contributed by atoms with Crippen LogP contribution in [0.1, 0.15) is 48.5 Å². The highest BCUT2D eigenvalue weighted by molar-refractivity contribution is 4.82. The van der Waals surface area contributed by atoms with Crippen molar-refractivity contribution in [3.05, 3.63) is 0 Å². The van der Waals surface area contributed by atoms with Gasteiger partial charge in [0.25, 0.3) is 0 Å². The summed E-state index contributed by atoms with van der Waals surface area (Å²) >= 11 is 0. The molecule has 0 N–H and O–H groups in total. The summed E-state index contributed by atoms with van der Waals surface area (Å²) in [5.74, 6) is 0. The van der Waals surface area contributed by atoms with E-state index < -0.39 is 0 Å². The maximum Gasteiger partial charge on any atom is 0.0198 e. The zero-order valence-corrected chi connectivity index (χ0v) is 11.7. The van der Waals surface area contributed by atoms with Crippen LogP contribution in [0.5, 0.6) is 0 Å². The predicted octanol–water partition coefficient (Wildman–Crippen LogP) is 2.84. The Hall–Kier alpha value is -0.0800. The molecule has 1 saturated heterocycles. The van der Waals surface area contributed by atoms with Crippen LogP contribution < -0.4 is 0 Å². The van der Waals surface area contributed by atoms with Crippen molar-refractivity contribution in [3.63, 3.8) is 0 Å². The Balaban J connectivity index is 0.000000921. The molecule has 0 aromatic carbocycles. The first-order valence-electron chi connectivity index (χ1n) is 6.52. The Morgan fingerprint density at radius 3 is 1.80 bits per heavy atom. The minimum Gasteiger partial charge on any atom is -0.298 e. The van der Waals surface area contributed by atoms with Gasteiger partial charge in [0.05, 0.1) is 0 Å². The molecule has 2 nitrogen and oxygen atoms in total. The van der Waals surface area contributed by atoms with E-state index in [0.29, 0.717) is 12.1 Å². The lowest BCUT2D eigenvalue weighted by molar-refractivity contribution is 0.0447. The van der Waals surface area contributed by atoms with Gasteiger partial charge < -0.3 is 0 Å². The van der Waals surface area contributed by atoms with Crippen LogP contribution in [0.2, 0.25) is 0 Å². The first kappa shape index (κ1) is 14.9. The van der Waals surface area contributed by atoms with Gasteiger partial charge in [-0.2, -0.15) is 0 Å². The minimum absolute atomic E-state index is 0.698. The minimum atomic E-state index is 0.698. The summed E-state index contributed by atoms with van der Waals surface area (Å²) in [5, 5.41) is 0. The van der Waals surface area contributed by atoms with Crippen molar-refractivity contribution < 1.29 is 0 Å². The van der Waals surface area contributed by atoms with Gasteiger partial charge in [-0.05, 0) is 34.6 Å². The lowest BCUT2D eigenvalue weighted by atomic mass is 10.1. The fourth-order valence-corrected chi connectivity index (χ4v) is 2.24. The Morgan fingerprint density at radius 2 is 1.47 bits per heavy atom. The average Bonchev–Trinajstić information content (AvgIpc) is 2.20. The van der Waals surface area contributed by atoms with E-state index in [9.17, 15) is 0 Å². The van der Waals surface area contributed by atoms with Crippen LogP contribution in [0, 0.1) is 0 Å². The van der Waals surface area contributed by atoms with E-state index in [1.165, 1.54) is 19.6 Å². The van der Waals surface area contributed by atoms with Gasteiger partial charge in [-0.15, -0.1) is 0 Å². The van der Waals surface area contributed by atoms with E-state index >= 15 is 0 Å². The van der Waals surface area contributed by atoms with E-state index in [1.54, 1.807) is 0 Å². The SMILES string of the molecule is CC.CC(C)N1CCN(C(C)C)[C@H](C)C1. The monoisotopic (exact) mass is 214 g/mol. The maximum atomic E-state index is 2.60. The summed E-state index contributed by atoms with van der Waals surface area (Å²) in [6.45, 7) is 19.2. The van der Waals surface area contributed by atoms with E-state index in [-0.39, 0.29) is 0 Å². The molecule has 0 amide bonds. The first-order valence-corrected chi connectivity index (χ1v) is 6.52. The standard InChI is InChI=1S/C11H24N2.C2H6/c1-9(2)12-6-7-13(10(3)4)11(5)8-12;1-2/h9-11H,6-8H2,1-5H3;1-2H3/t11-;/m1./s1. The lowest BCUT2D eigenvalue weighted by Crippen LogP contribution is -2.55. The normalized spacial score (nSPS) is 24.2. The van der Waals surface area contributed by atoms with Gasteiger partial charge in [-0.25, -0.2) is 0 Å². The molecule has 1 rings (SSSR count). The van der Waals surface area contributed by atoms with Crippen molar-refractivity contribution in [1.29, 1.82) is 0 Å². The smallest absolute Gasteiger partial charge is 0.0198 e. The molecular weight excluding hydrogens is 184 g/mol. The predicted molar refractivity (Wildman–Crippen MR) is 69.4 cm³/mol. The van der Waals surface area contributed by atoms with Crippen molar-refractivity contribution in [2.75, 3.05) is 19.6 Å². The molecule has 0 unspecified atom stereocenters. The largest absolute Gasteiger partial charge is 0.298 e. The molecule has 0 bridgehead atoms. The van der Waals surface area contributed by atoms with E-state index in [0.717, 1.165) is 6.04 Å². The van der Waals surface area contributed by atoms with Gasteiger partial charge in [0.1, 0.15) is 0 Å². The highest BCUT2D eigenvalue weighted by Gasteiger charge is 2.26. The molecule has 0 aliphatic carbocycles. The number of piperazine rings is 1. The van der Waals surface area contributed by atoms with Crippen LogP contribution in [0.25, 0.3) is 0 Å². The Kier molecular flexibility index (Phi) is 7.20. The third-order valence-corrected chi connectivity index (χ3v) is 3.10. The number of nitrogens with zero attached hydrogens (tertiary/aromatic N) is 2. The molecule has 2 heteroatoms. The highest BCUT2D eigenvalue weighted by atomic mass is 15.3. The van der Waals surface area contributed by atoms with Crippen molar-refractivity contribution in [2.45, 2.75) is 66.6 Å². The van der Waals surface area contributed by atoms with Crippen LogP contribution in [0.3, 0.4) is 0 Å². The molecule has 0 spiro atoms. The van der Waals surface area contributed by atoms with Gasteiger partial charge in [-0.3, -0.25) is 9.80 Å². The van der Waals surface area contributed by atoms with E-state index in [2.05, 4.69) is 44.4 Å². The van der Waals surface area contributed by atoms with Crippen LogP contribution in [-0.2, 0) is 0 Å².